The second kappa shape index (κ2) is 83.8. The molecule has 0 aromatic carbocycles. The molecule has 0 rings (SSSR count). The molecule has 0 saturated carbocycles. The largest absolute Gasteiger partial charge is 0.472 e. The van der Waals surface area contributed by atoms with E-state index in [0.717, 1.165) is 161 Å². The number of carbonyl (C=O) groups excluding carboxylic acids is 4. The van der Waals surface area contributed by atoms with Crippen molar-refractivity contribution < 1.29 is 80.2 Å². The van der Waals surface area contributed by atoms with Gasteiger partial charge in [-0.1, -0.05) is 296 Å². The van der Waals surface area contributed by atoms with Crippen molar-refractivity contribution in [2.75, 3.05) is 39.6 Å². The highest BCUT2D eigenvalue weighted by atomic mass is 31.2. The SMILES string of the molecule is CC/C=C\C/C=C\C/C=C\C/C=C\C/C=C\C/C=C\CCC(=O)O[C@H](COC(=O)CCCCC/C=C\C/C=C\C/C=C\C/C=C\C/C=C\CC)COP(=O)(O)OC[C@@H](O)COP(=O)(O)OC[C@@H](COC(=O)CCC/C=C\C/C=C\C/C=C\C/C=C\CCCCC)OC(=O)CCCCC/C=C\C/C=C\C/C=C\C/C=C\C/C=C\CC. The number of unbranched alkanes of at least 4 members (excludes halogenated alkanes) is 10. The molecule has 5 atom stereocenters. The van der Waals surface area contributed by atoms with Crippen molar-refractivity contribution in [2.45, 2.75) is 290 Å². The second-order valence-corrected chi connectivity index (χ2v) is 29.8. The van der Waals surface area contributed by atoms with Gasteiger partial charge < -0.3 is 33.8 Å². The molecular weight excluding hydrogens is 1470 g/mol. The third kappa shape index (κ3) is 82.8. The van der Waals surface area contributed by atoms with Crippen LogP contribution in [0.15, 0.2) is 243 Å². The number of esters is 4. The topological polar surface area (TPSA) is 237 Å². The van der Waals surface area contributed by atoms with Crippen LogP contribution in [0.3, 0.4) is 0 Å². The van der Waals surface area contributed by atoms with E-state index in [1.54, 1.807) is 0 Å². The van der Waals surface area contributed by atoms with Crippen molar-refractivity contribution in [1.82, 2.24) is 0 Å². The van der Waals surface area contributed by atoms with Gasteiger partial charge in [0.1, 0.15) is 19.3 Å². The Balaban J connectivity index is 5.62. The van der Waals surface area contributed by atoms with Gasteiger partial charge in [0.15, 0.2) is 12.2 Å². The van der Waals surface area contributed by atoms with E-state index in [1.807, 2.05) is 30.4 Å². The van der Waals surface area contributed by atoms with E-state index >= 15 is 0 Å². The fourth-order valence-electron chi connectivity index (χ4n) is 10.00. The Bertz CT molecular complexity index is 3120. The molecule has 0 aromatic heterocycles. The second-order valence-electron chi connectivity index (χ2n) is 26.9. The summed E-state index contributed by atoms with van der Waals surface area (Å²) in [5.41, 5.74) is 0. The highest BCUT2D eigenvalue weighted by Crippen LogP contribution is 2.45. The molecule has 2 unspecified atom stereocenters. The van der Waals surface area contributed by atoms with Crippen LogP contribution in [0.2, 0.25) is 0 Å². The molecule has 0 amide bonds. The maximum Gasteiger partial charge on any atom is 0.472 e. The summed E-state index contributed by atoms with van der Waals surface area (Å²) < 4.78 is 68.6. The summed E-state index contributed by atoms with van der Waals surface area (Å²) in [6, 6.07) is 0. The van der Waals surface area contributed by atoms with Crippen molar-refractivity contribution in [3.63, 3.8) is 0 Å². The average molecular weight is 1620 g/mol. The molecule has 638 valence electrons. The monoisotopic (exact) mass is 1620 g/mol. The number of phosphoric acid groups is 2. The molecule has 114 heavy (non-hydrogen) atoms. The van der Waals surface area contributed by atoms with Gasteiger partial charge in [-0.25, -0.2) is 9.13 Å². The quantitative estimate of drug-likeness (QED) is 0.0169. The zero-order valence-corrected chi connectivity index (χ0v) is 71.7. The number of aliphatic hydroxyl groups is 1. The molecule has 3 N–H and O–H groups in total. The summed E-state index contributed by atoms with van der Waals surface area (Å²) in [6.45, 7) is 4.24. The Hall–Kier alpha value is -7.14. The van der Waals surface area contributed by atoms with Crippen molar-refractivity contribution in [3.05, 3.63) is 243 Å². The Labute approximate surface area is 688 Å². The fraction of sp³-hybridized carbons (Fsp3) is 0.537. The number of allylic oxidation sites excluding steroid dienone is 40. The minimum atomic E-state index is -5.03. The molecular formula is C95H146O17P2. The molecule has 0 fully saturated rings. The molecule has 0 spiro atoms. The summed E-state index contributed by atoms with van der Waals surface area (Å²) in [7, 11) is -10.1. The maximum atomic E-state index is 13.1. The van der Waals surface area contributed by atoms with Crippen LogP contribution in [-0.4, -0.2) is 96.7 Å². The fourth-order valence-corrected chi connectivity index (χ4v) is 11.6. The van der Waals surface area contributed by atoms with Gasteiger partial charge >= 0.3 is 39.5 Å². The van der Waals surface area contributed by atoms with Gasteiger partial charge in [-0.05, 0) is 193 Å². The predicted octanol–water partition coefficient (Wildman–Crippen LogP) is 25.6. The third-order valence-corrected chi connectivity index (χ3v) is 18.2. The number of hydrogen-bond donors (Lipinski definition) is 3. The van der Waals surface area contributed by atoms with E-state index in [9.17, 15) is 43.2 Å². The first-order chi connectivity index (χ1) is 55.7. The number of ether oxygens (including phenoxy) is 4. The lowest BCUT2D eigenvalue weighted by molar-refractivity contribution is -0.161. The van der Waals surface area contributed by atoms with Crippen LogP contribution < -0.4 is 0 Å². The number of carbonyl (C=O) groups is 4. The van der Waals surface area contributed by atoms with Gasteiger partial charge in [0.05, 0.1) is 26.4 Å². The van der Waals surface area contributed by atoms with E-state index < -0.39 is 97.5 Å². The standard InChI is InChI=1S/C95H146O17P2/c1-5-9-13-17-21-25-29-33-37-41-44-48-52-56-60-64-68-72-76-80-93(98)106-86-91(112-95(100)82-78-74-70-66-62-58-54-50-46-43-39-35-31-27-23-19-15-11-7-3)88-110-114(103,104)108-84-89(96)83-107-113(101,102)109-87-90(85-105-92(97)79-75-71-67-63-59-55-51-47-40-36-32-28-24-20-16-12-8-4)111-94(99)81-77-73-69-65-61-57-53-49-45-42-38-34-30-26-22-18-14-10-6-2/h9-11,13-15,21-28,33-40,44-46,48-51,55-58,60-63,67,70,74,89-91,96H,5-8,12,16-20,29-32,41-43,47,52-54,59,64-66,68-69,71-73,75-88H2,1-4H3,(H,101,102)(H,103,104)/b13-9-,14-10-,15-11-,25-21-,26-22-,27-23-,28-24-,37-33-,38-34-,39-35-,40-36-,48-44-,49-45-,50-46-,55-51-,60-56-,61-57-,62-58-,67-63-,74-70-/t89-,90+,91+/m0/s1. The third-order valence-electron chi connectivity index (χ3n) is 16.3. The number of aliphatic hydroxyl groups excluding tert-OH is 1. The molecule has 0 aliphatic rings. The molecule has 0 aromatic rings. The van der Waals surface area contributed by atoms with Gasteiger partial charge in [0, 0.05) is 25.7 Å². The van der Waals surface area contributed by atoms with Gasteiger partial charge in [0.2, 0.25) is 0 Å². The first-order valence-electron chi connectivity index (χ1n) is 42.3. The zero-order valence-electron chi connectivity index (χ0n) is 69.9. The summed E-state index contributed by atoms with van der Waals surface area (Å²) in [5, 5.41) is 10.7. The lowest BCUT2D eigenvalue weighted by Gasteiger charge is -2.21. The van der Waals surface area contributed by atoms with Crippen LogP contribution in [0.1, 0.15) is 272 Å². The molecule has 0 aliphatic carbocycles. The van der Waals surface area contributed by atoms with Crippen LogP contribution in [-0.2, 0) is 65.4 Å². The minimum Gasteiger partial charge on any atom is -0.462 e. The summed E-state index contributed by atoms with van der Waals surface area (Å²) in [5.74, 6) is -2.45. The van der Waals surface area contributed by atoms with Crippen molar-refractivity contribution in [1.29, 1.82) is 0 Å². The molecule has 17 nitrogen and oxygen atoms in total. The van der Waals surface area contributed by atoms with Crippen LogP contribution in [0.25, 0.3) is 0 Å². The van der Waals surface area contributed by atoms with Crippen molar-refractivity contribution in [3.8, 4) is 0 Å². The van der Waals surface area contributed by atoms with Gasteiger partial charge in [-0.15, -0.1) is 0 Å². The molecule has 19 heteroatoms. The van der Waals surface area contributed by atoms with E-state index in [1.165, 1.54) is 19.3 Å². The van der Waals surface area contributed by atoms with Crippen LogP contribution >= 0.6 is 15.6 Å². The van der Waals surface area contributed by atoms with Crippen LogP contribution in [0.4, 0.5) is 0 Å². The predicted molar refractivity (Wildman–Crippen MR) is 472 cm³/mol. The molecule has 0 bridgehead atoms. The normalized spacial score (nSPS) is 15.0. The van der Waals surface area contributed by atoms with Crippen molar-refractivity contribution in [2.24, 2.45) is 0 Å². The van der Waals surface area contributed by atoms with Gasteiger partial charge in [-0.3, -0.25) is 37.3 Å². The molecule has 0 radical (unpaired) electrons. The van der Waals surface area contributed by atoms with E-state index in [0.29, 0.717) is 38.5 Å². The minimum absolute atomic E-state index is 0.0301. The average Bonchev–Trinajstić information content (AvgIpc) is 0.897. The Morgan fingerprint density at radius 3 is 0.772 bits per heavy atom. The number of hydrogen-bond acceptors (Lipinski definition) is 15. The van der Waals surface area contributed by atoms with Crippen LogP contribution in [0, 0.1) is 0 Å². The van der Waals surface area contributed by atoms with E-state index in [4.69, 9.17) is 37.0 Å². The first-order valence-corrected chi connectivity index (χ1v) is 45.3. The summed E-state index contributed by atoms with van der Waals surface area (Å²) in [4.78, 5) is 73.2. The molecule has 0 saturated heterocycles. The first kappa shape index (κ1) is 107. The maximum absolute atomic E-state index is 13.1. The van der Waals surface area contributed by atoms with Crippen molar-refractivity contribution >= 4 is 39.5 Å². The van der Waals surface area contributed by atoms with Gasteiger partial charge in [-0.2, -0.15) is 0 Å². The summed E-state index contributed by atoms with van der Waals surface area (Å²) in [6.07, 6.45) is 110. The Morgan fingerprint density at radius 2 is 0.482 bits per heavy atom. The van der Waals surface area contributed by atoms with Gasteiger partial charge in [0.25, 0.3) is 0 Å². The van der Waals surface area contributed by atoms with E-state index in [2.05, 4.69) is 240 Å². The highest BCUT2D eigenvalue weighted by molar-refractivity contribution is 7.47. The lowest BCUT2D eigenvalue weighted by Crippen LogP contribution is -2.30. The summed E-state index contributed by atoms with van der Waals surface area (Å²) >= 11 is 0. The lowest BCUT2D eigenvalue weighted by atomic mass is 10.1. The zero-order chi connectivity index (χ0) is 83.1. The number of rotatable bonds is 76. The smallest absolute Gasteiger partial charge is 0.462 e. The number of phosphoric ester groups is 2. The Morgan fingerprint density at radius 1 is 0.254 bits per heavy atom. The van der Waals surface area contributed by atoms with Crippen LogP contribution in [0.5, 0.6) is 0 Å². The Kier molecular flexibility index (Phi) is 78.5. The molecule has 0 heterocycles. The van der Waals surface area contributed by atoms with E-state index in [-0.39, 0.29) is 25.7 Å². The highest BCUT2D eigenvalue weighted by Gasteiger charge is 2.30. The molecule has 0 aliphatic heterocycles.